The summed E-state index contributed by atoms with van der Waals surface area (Å²) in [5.74, 6) is -0.00405. The smallest absolute Gasteiger partial charge is 0.236 e. The highest BCUT2D eigenvalue weighted by atomic mass is 32.1. The highest BCUT2D eigenvalue weighted by Crippen LogP contribution is 2.04. The van der Waals surface area contributed by atoms with Crippen molar-refractivity contribution >= 4 is 23.1 Å². The Kier molecular flexibility index (Phi) is 7.89. The Morgan fingerprint density at radius 2 is 1.95 bits per heavy atom. The molecule has 0 heterocycles. The summed E-state index contributed by atoms with van der Waals surface area (Å²) in [6.07, 6.45) is 0.524. The number of thiocarbonyl (C=S) groups is 1. The zero-order chi connectivity index (χ0) is 15.7. The molecule has 1 amide bonds. The number of hydrogen-bond acceptors (Lipinski definition) is 4. The summed E-state index contributed by atoms with van der Waals surface area (Å²) in [6, 6.07) is 9.89. The molecule has 0 saturated carbocycles. The van der Waals surface area contributed by atoms with E-state index >= 15 is 0 Å². The lowest BCUT2D eigenvalue weighted by atomic mass is 10.2. The van der Waals surface area contributed by atoms with E-state index < -0.39 is 0 Å². The number of amides is 1. The molecule has 116 valence electrons. The second kappa shape index (κ2) is 9.44. The molecule has 0 spiro atoms. The molecule has 21 heavy (non-hydrogen) atoms. The monoisotopic (exact) mass is 309 g/mol. The van der Waals surface area contributed by atoms with Gasteiger partial charge in [-0.05, 0) is 5.56 Å². The van der Waals surface area contributed by atoms with Crippen LogP contribution in [-0.2, 0) is 11.3 Å². The van der Waals surface area contributed by atoms with Gasteiger partial charge >= 0.3 is 0 Å². The van der Waals surface area contributed by atoms with E-state index in [1.165, 1.54) is 0 Å². The van der Waals surface area contributed by atoms with E-state index in [-0.39, 0.29) is 19.1 Å². The van der Waals surface area contributed by atoms with Crippen LogP contribution in [0.15, 0.2) is 30.3 Å². The van der Waals surface area contributed by atoms with Crippen LogP contribution in [0, 0.1) is 0 Å². The van der Waals surface area contributed by atoms with Gasteiger partial charge in [0.25, 0.3) is 0 Å². The molecule has 3 N–H and O–H groups in total. The quantitative estimate of drug-likeness (QED) is 0.654. The molecule has 5 nitrogen and oxygen atoms in total. The van der Waals surface area contributed by atoms with E-state index in [1.54, 1.807) is 11.9 Å². The van der Waals surface area contributed by atoms with Crippen molar-refractivity contribution < 1.29 is 9.90 Å². The fraction of sp³-hybridized carbons (Fsp3) is 0.467. The third-order valence-electron chi connectivity index (χ3n) is 3.14. The number of nitrogens with zero attached hydrogens (tertiary/aromatic N) is 2. The maximum Gasteiger partial charge on any atom is 0.236 e. The van der Waals surface area contributed by atoms with Crippen LogP contribution in [0.3, 0.4) is 0 Å². The van der Waals surface area contributed by atoms with E-state index in [4.69, 9.17) is 23.1 Å². The summed E-state index contributed by atoms with van der Waals surface area (Å²) in [6.45, 7) is 1.91. The maximum absolute atomic E-state index is 12.1. The van der Waals surface area contributed by atoms with Crippen LogP contribution in [-0.4, -0.2) is 59.1 Å². The molecule has 0 atom stereocenters. The molecular weight excluding hydrogens is 286 g/mol. The summed E-state index contributed by atoms with van der Waals surface area (Å²) in [5, 5.41) is 9.14. The number of rotatable bonds is 9. The summed E-state index contributed by atoms with van der Waals surface area (Å²) in [5.41, 5.74) is 6.56. The summed E-state index contributed by atoms with van der Waals surface area (Å²) < 4.78 is 0. The number of carbonyl (C=O) groups is 1. The molecule has 0 radical (unpaired) electrons. The van der Waals surface area contributed by atoms with Crippen LogP contribution in [0.4, 0.5) is 0 Å². The second-order valence-corrected chi connectivity index (χ2v) is 5.48. The third kappa shape index (κ3) is 7.17. The summed E-state index contributed by atoms with van der Waals surface area (Å²) >= 11 is 4.81. The van der Waals surface area contributed by atoms with Crippen molar-refractivity contribution in [3.8, 4) is 0 Å². The van der Waals surface area contributed by atoms with Crippen LogP contribution in [0.2, 0.25) is 0 Å². The molecule has 0 bridgehead atoms. The number of aliphatic hydroxyl groups excluding tert-OH is 1. The summed E-state index contributed by atoms with van der Waals surface area (Å²) in [7, 11) is 1.74. The highest BCUT2D eigenvalue weighted by Gasteiger charge is 2.14. The topological polar surface area (TPSA) is 69.8 Å². The first kappa shape index (κ1) is 17.6. The van der Waals surface area contributed by atoms with Crippen molar-refractivity contribution in [2.45, 2.75) is 13.0 Å². The SMILES string of the molecule is CN(CCC(N)=S)C(=O)CN(CCO)Cc1ccccc1. The molecule has 0 aliphatic carbocycles. The lowest BCUT2D eigenvalue weighted by molar-refractivity contribution is -0.131. The van der Waals surface area contributed by atoms with Gasteiger partial charge in [0.1, 0.15) is 0 Å². The molecular formula is C15H23N3O2S. The summed E-state index contributed by atoms with van der Waals surface area (Å²) in [4.78, 5) is 16.1. The molecule has 1 aromatic rings. The van der Waals surface area contributed by atoms with Gasteiger partial charge in [0, 0.05) is 33.1 Å². The molecule has 1 aromatic carbocycles. The number of aliphatic hydroxyl groups is 1. The van der Waals surface area contributed by atoms with E-state index in [9.17, 15) is 4.79 Å². The number of likely N-dealkylation sites (N-methyl/N-ethyl adjacent to an activating group) is 1. The molecule has 0 fully saturated rings. The van der Waals surface area contributed by atoms with Crippen molar-refractivity contribution in [2.75, 3.05) is 33.3 Å². The Bertz CT molecular complexity index is 453. The van der Waals surface area contributed by atoms with Crippen molar-refractivity contribution in [2.24, 2.45) is 5.73 Å². The zero-order valence-corrected chi connectivity index (χ0v) is 13.2. The van der Waals surface area contributed by atoms with Crippen molar-refractivity contribution in [1.82, 2.24) is 9.80 Å². The Morgan fingerprint density at radius 3 is 2.52 bits per heavy atom. The number of nitrogens with two attached hydrogens (primary N) is 1. The molecule has 6 heteroatoms. The van der Waals surface area contributed by atoms with Gasteiger partial charge in [0.2, 0.25) is 5.91 Å². The Hall–Kier alpha value is -1.50. The minimum Gasteiger partial charge on any atom is -0.395 e. The van der Waals surface area contributed by atoms with E-state index in [0.29, 0.717) is 31.0 Å². The second-order valence-electron chi connectivity index (χ2n) is 4.95. The predicted molar refractivity (Wildman–Crippen MR) is 87.8 cm³/mol. The van der Waals surface area contributed by atoms with Crippen LogP contribution >= 0.6 is 12.2 Å². The van der Waals surface area contributed by atoms with Crippen molar-refractivity contribution in [3.05, 3.63) is 35.9 Å². The Morgan fingerprint density at radius 1 is 1.29 bits per heavy atom. The molecule has 0 aliphatic heterocycles. The first-order valence-electron chi connectivity index (χ1n) is 6.92. The van der Waals surface area contributed by atoms with Crippen LogP contribution < -0.4 is 5.73 Å². The third-order valence-corrected chi connectivity index (χ3v) is 3.35. The molecule has 0 aromatic heterocycles. The van der Waals surface area contributed by atoms with Crippen LogP contribution in [0.25, 0.3) is 0 Å². The van der Waals surface area contributed by atoms with Gasteiger partial charge in [-0.1, -0.05) is 42.5 Å². The minimum atomic E-state index is -0.00405. The zero-order valence-electron chi connectivity index (χ0n) is 12.4. The van der Waals surface area contributed by atoms with Crippen LogP contribution in [0.5, 0.6) is 0 Å². The van der Waals surface area contributed by atoms with Gasteiger partial charge in [-0.15, -0.1) is 0 Å². The molecule has 0 aliphatic rings. The normalized spacial score (nSPS) is 10.6. The first-order valence-corrected chi connectivity index (χ1v) is 7.33. The van der Waals surface area contributed by atoms with E-state index in [0.717, 1.165) is 5.56 Å². The molecule has 0 unspecified atom stereocenters. The molecule has 1 rings (SSSR count). The number of hydrogen-bond donors (Lipinski definition) is 2. The highest BCUT2D eigenvalue weighted by molar-refractivity contribution is 7.80. The lowest BCUT2D eigenvalue weighted by Gasteiger charge is -2.24. The predicted octanol–water partition coefficient (Wildman–Crippen LogP) is 0.616. The fourth-order valence-corrected chi connectivity index (χ4v) is 2.00. The number of carbonyl (C=O) groups excluding carboxylic acids is 1. The standard InChI is InChI=1S/C15H23N3O2S/c1-17(8-7-14(16)21)15(20)12-18(9-10-19)11-13-5-3-2-4-6-13/h2-6,19H,7-12H2,1H3,(H2,16,21). The van der Waals surface area contributed by atoms with Crippen molar-refractivity contribution in [1.29, 1.82) is 0 Å². The maximum atomic E-state index is 12.1. The van der Waals surface area contributed by atoms with Gasteiger partial charge in [-0.25, -0.2) is 0 Å². The van der Waals surface area contributed by atoms with Gasteiger partial charge in [0.15, 0.2) is 0 Å². The van der Waals surface area contributed by atoms with Gasteiger partial charge < -0.3 is 15.7 Å². The number of benzene rings is 1. The first-order chi connectivity index (χ1) is 10.0. The Labute approximate surface area is 131 Å². The van der Waals surface area contributed by atoms with E-state index in [1.807, 2.05) is 35.2 Å². The van der Waals surface area contributed by atoms with Crippen LogP contribution in [0.1, 0.15) is 12.0 Å². The molecule has 0 saturated heterocycles. The minimum absolute atomic E-state index is 0.00405. The average Bonchev–Trinajstić information content (AvgIpc) is 2.45. The van der Waals surface area contributed by atoms with Gasteiger partial charge in [-0.3, -0.25) is 9.69 Å². The van der Waals surface area contributed by atoms with Crippen molar-refractivity contribution in [3.63, 3.8) is 0 Å². The van der Waals surface area contributed by atoms with Gasteiger partial charge in [0.05, 0.1) is 18.1 Å². The average molecular weight is 309 g/mol. The fourth-order valence-electron chi connectivity index (χ4n) is 1.91. The Balaban J connectivity index is 2.53. The van der Waals surface area contributed by atoms with E-state index in [2.05, 4.69) is 0 Å². The lowest BCUT2D eigenvalue weighted by Crippen LogP contribution is -2.40. The largest absolute Gasteiger partial charge is 0.395 e. The van der Waals surface area contributed by atoms with Gasteiger partial charge in [-0.2, -0.15) is 0 Å².